The fraction of sp³-hybridized carbons (Fsp3) is 1.00. The number of aliphatic hydroxyl groups excluding tert-OH is 2. The van der Waals surface area contributed by atoms with Crippen LogP contribution < -0.4 is 11.5 Å². The lowest BCUT2D eigenvalue weighted by Gasteiger charge is -2.40. The van der Waals surface area contributed by atoms with Crippen LogP contribution in [-0.4, -0.2) is 80.4 Å². The minimum atomic E-state index is -1.15. The smallest absolute Gasteiger partial charge is 0.175 e. The Bertz CT molecular complexity index is 457. The van der Waals surface area contributed by atoms with Gasteiger partial charge in [-0.3, -0.25) is 0 Å². The van der Waals surface area contributed by atoms with Crippen molar-refractivity contribution >= 4 is 0 Å². The highest BCUT2D eigenvalue weighted by Gasteiger charge is 2.42. The first kappa shape index (κ1) is 31.7. The van der Waals surface area contributed by atoms with Crippen LogP contribution >= 0.6 is 0 Å². The highest BCUT2D eigenvalue weighted by atomic mass is 16.7. The molecule has 0 amide bonds. The van der Waals surface area contributed by atoms with Crippen molar-refractivity contribution in [1.29, 1.82) is 0 Å². The number of methoxy groups -OCH3 is 1. The van der Waals surface area contributed by atoms with Gasteiger partial charge in [-0.05, 0) is 6.42 Å². The molecule has 1 rings (SSSR count). The van der Waals surface area contributed by atoms with Crippen LogP contribution in [0.4, 0.5) is 0 Å². The second-order valence-corrected chi connectivity index (χ2v) is 9.70. The van der Waals surface area contributed by atoms with Crippen LogP contribution in [0.1, 0.15) is 96.8 Å². The van der Waals surface area contributed by atoms with Gasteiger partial charge in [0.25, 0.3) is 0 Å². The monoisotopic (exact) mass is 490 g/mol. The fourth-order valence-electron chi connectivity index (χ4n) is 4.30. The molecule has 0 radical (unpaired) electrons. The topological polar surface area (TPSA) is 129 Å². The number of ether oxygens (including phenoxy) is 4. The fourth-order valence-corrected chi connectivity index (χ4v) is 4.30. The SMILES string of the molecule is CCCCCCCCCCCCCCCCOC[C@H](CO[C@@H]1O[C@H](CN)[C@@H](O)[C@H](O)[C@H]1N)OC. The second kappa shape index (κ2) is 20.8. The molecule has 0 unspecified atom stereocenters. The Morgan fingerprint density at radius 1 is 0.794 bits per heavy atom. The lowest BCUT2D eigenvalue weighted by molar-refractivity contribution is -0.263. The molecule has 0 aromatic carbocycles. The number of hydrogen-bond donors (Lipinski definition) is 4. The lowest BCUT2D eigenvalue weighted by Crippen LogP contribution is -2.63. The second-order valence-electron chi connectivity index (χ2n) is 9.70. The molecule has 1 heterocycles. The Balaban J connectivity index is 1.97. The van der Waals surface area contributed by atoms with Crippen LogP contribution in [-0.2, 0) is 18.9 Å². The van der Waals surface area contributed by atoms with Crippen molar-refractivity contribution in [2.24, 2.45) is 11.5 Å². The molecule has 0 aliphatic carbocycles. The Kier molecular flexibility index (Phi) is 19.4. The van der Waals surface area contributed by atoms with Gasteiger partial charge >= 0.3 is 0 Å². The van der Waals surface area contributed by atoms with Gasteiger partial charge in [0, 0.05) is 20.3 Å². The Morgan fingerprint density at radius 3 is 1.82 bits per heavy atom. The zero-order chi connectivity index (χ0) is 25.0. The van der Waals surface area contributed by atoms with Crippen molar-refractivity contribution in [3.05, 3.63) is 0 Å². The van der Waals surface area contributed by atoms with Gasteiger partial charge in [0.15, 0.2) is 6.29 Å². The summed E-state index contributed by atoms with van der Waals surface area (Å²) >= 11 is 0. The van der Waals surface area contributed by atoms with Crippen LogP contribution in [0.5, 0.6) is 0 Å². The van der Waals surface area contributed by atoms with E-state index in [1.165, 1.54) is 83.5 Å². The molecule has 204 valence electrons. The van der Waals surface area contributed by atoms with E-state index in [1.807, 2.05) is 0 Å². The molecule has 1 fully saturated rings. The summed E-state index contributed by atoms with van der Waals surface area (Å²) in [6.07, 6.45) is 14.6. The van der Waals surface area contributed by atoms with Crippen molar-refractivity contribution in [2.45, 2.75) is 134 Å². The van der Waals surface area contributed by atoms with Crippen molar-refractivity contribution in [3.63, 3.8) is 0 Å². The van der Waals surface area contributed by atoms with Gasteiger partial charge in [-0.2, -0.15) is 0 Å². The third-order valence-corrected chi connectivity index (χ3v) is 6.71. The van der Waals surface area contributed by atoms with Gasteiger partial charge in [-0.1, -0.05) is 90.4 Å². The third kappa shape index (κ3) is 13.7. The van der Waals surface area contributed by atoms with E-state index in [4.69, 9.17) is 30.4 Å². The molecule has 0 saturated carbocycles. The van der Waals surface area contributed by atoms with E-state index in [0.29, 0.717) is 13.2 Å². The summed E-state index contributed by atoms with van der Waals surface area (Å²) in [5.74, 6) is 0. The molecule has 1 saturated heterocycles. The number of unbranched alkanes of at least 4 members (excludes halogenated alkanes) is 13. The van der Waals surface area contributed by atoms with E-state index < -0.39 is 30.6 Å². The molecule has 0 aromatic heterocycles. The Hall–Kier alpha value is -0.320. The molecular formula is C26H54N2O6. The largest absolute Gasteiger partial charge is 0.388 e. The van der Waals surface area contributed by atoms with Gasteiger partial charge in [0.2, 0.25) is 0 Å². The van der Waals surface area contributed by atoms with Gasteiger partial charge < -0.3 is 40.6 Å². The normalized spacial score (nSPS) is 26.1. The van der Waals surface area contributed by atoms with E-state index >= 15 is 0 Å². The predicted molar refractivity (Wildman–Crippen MR) is 136 cm³/mol. The van der Waals surface area contributed by atoms with E-state index in [-0.39, 0.29) is 19.3 Å². The van der Waals surface area contributed by atoms with Crippen LogP contribution in [0.3, 0.4) is 0 Å². The molecule has 0 spiro atoms. The molecule has 34 heavy (non-hydrogen) atoms. The van der Waals surface area contributed by atoms with E-state index in [9.17, 15) is 10.2 Å². The standard InChI is InChI=1S/C26H54N2O6/c1-3-4-5-6-7-8-9-10-11-12-13-14-15-16-17-32-19-21(31-2)20-33-26-23(28)25(30)24(29)22(18-27)34-26/h21-26,29-30H,3-20,27-28H2,1-2H3/t21-,22-,23-,24-,25-,26-/m1/s1. The molecule has 6 atom stereocenters. The summed E-state index contributed by atoms with van der Waals surface area (Å²) in [5, 5.41) is 20.0. The predicted octanol–water partition coefficient (Wildman–Crippen LogP) is 3.25. The van der Waals surface area contributed by atoms with Crippen molar-refractivity contribution < 1.29 is 29.2 Å². The minimum Gasteiger partial charge on any atom is -0.388 e. The number of hydrogen-bond acceptors (Lipinski definition) is 8. The third-order valence-electron chi connectivity index (χ3n) is 6.71. The van der Waals surface area contributed by atoms with Crippen molar-refractivity contribution in [1.82, 2.24) is 0 Å². The van der Waals surface area contributed by atoms with Gasteiger partial charge in [-0.25, -0.2) is 0 Å². The van der Waals surface area contributed by atoms with E-state index in [0.717, 1.165) is 6.42 Å². The molecule has 8 heteroatoms. The average molecular weight is 491 g/mol. The van der Waals surface area contributed by atoms with E-state index in [1.54, 1.807) is 7.11 Å². The minimum absolute atomic E-state index is 0.0703. The first-order chi connectivity index (χ1) is 16.5. The van der Waals surface area contributed by atoms with Crippen LogP contribution in [0.15, 0.2) is 0 Å². The highest BCUT2D eigenvalue weighted by Crippen LogP contribution is 2.20. The summed E-state index contributed by atoms with van der Waals surface area (Å²) in [6, 6.07) is -0.855. The molecule has 0 aromatic rings. The summed E-state index contributed by atoms with van der Waals surface area (Å²) < 4.78 is 22.5. The number of rotatable bonds is 22. The molecule has 0 bridgehead atoms. The van der Waals surface area contributed by atoms with Gasteiger partial charge in [0.05, 0.1) is 19.3 Å². The lowest BCUT2D eigenvalue weighted by atomic mass is 9.97. The van der Waals surface area contributed by atoms with E-state index in [2.05, 4.69) is 6.92 Å². The van der Waals surface area contributed by atoms with Gasteiger partial charge in [-0.15, -0.1) is 0 Å². The first-order valence-electron chi connectivity index (χ1n) is 13.7. The van der Waals surface area contributed by atoms with Crippen LogP contribution in [0.25, 0.3) is 0 Å². The maximum Gasteiger partial charge on any atom is 0.175 e. The molecular weight excluding hydrogens is 436 g/mol. The maximum absolute atomic E-state index is 10.1. The molecule has 8 nitrogen and oxygen atoms in total. The zero-order valence-electron chi connectivity index (χ0n) is 21.9. The van der Waals surface area contributed by atoms with Crippen molar-refractivity contribution in [2.75, 3.05) is 33.5 Å². The summed E-state index contributed by atoms with van der Waals surface area (Å²) in [7, 11) is 1.60. The average Bonchev–Trinajstić information content (AvgIpc) is 2.85. The maximum atomic E-state index is 10.1. The summed E-state index contributed by atoms with van der Waals surface area (Å²) in [4.78, 5) is 0. The van der Waals surface area contributed by atoms with Crippen LogP contribution in [0.2, 0.25) is 0 Å². The van der Waals surface area contributed by atoms with Crippen LogP contribution in [0, 0.1) is 0 Å². The van der Waals surface area contributed by atoms with Crippen molar-refractivity contribution in [3.8, 4) is 0 Å². The highest BCUT2D eigenvalue weighted by molar-refractivity contribution is 4.92. The number of aliphatic hydroxyl groups is 2. The number of nitrogens with two attached hydrogens (primary N) is 2. The Labute approximate surface area is 208 Å². The van der Waals surface area contributed by atoms with Gasteiger partial charge in [0.1, 0.15) is 24.4 Å². The molecule has 1 aliphatic heterocycles. The quantitative estimate of drug-likeness (QED) is 0.170. The molecule has 1 aliphatic rings. The zero-order valence-corrected chi connectivity index (χ0v) is 21.9. The Morgan fingerprint density at radius 2 is 1.32 bits per heavy atom. The molecule has 6 N–H and O–H groups in total. The summed E-state index contributed by atoms with van der Waals surface area (Å²) in [5.41, 5.74) is 11.5. The summed E-state index contributed by atoms with van der Waals surface area (Å²) in [6.45, 7) is 3.68. The first-order valence-corrected chi connectivity index (χ1v) is 13.7.